The van der Waals surface area contributed by atoms with Crippen LogP contribution >= 0.6 is 0 Å². The summed E-state index contributed by atoms with van der Waals surface area (Å²) in [5, 5.41) is 8.82. The molecule has 0 amide bonds. The predicted octanol–water partition coefficient (Wildman–Crippen LogP) is 2.68. The number of hydrogen-bond donors (Lipinski definition) is 1. The summed E-state index contributed by atoms with van der Waals surface area (Å²) in [7, 11) is 0. The monoisotopic (exact) mass is 276 g/mol. The number of ether oxygens (including phenoxy) is 1. The van der Waals surface area contributed by atoms with Crippen molar-refractivity contribution < 1.29 is 27.8 Å². The molecule has 19 heavy (non-hydrogen) atoms. The highest BCUT2D eigenvalue weighted by Crippen LogP contribution is 2.26. The Morgan fingerprint density at radius 1 is 1.26 bits per heavy atom. The van der Waals surface area contributed by atoms with Crippen molar-refractivity contribution in [1.82, 2.24) is 0 Å². The van der Waals surface area contributed by atoms with Gasteiger partial charge in [0.1, 0.15) is 6.61 Å². The number of aliphatic hydroxyl groups excluding tert-OH is 1. The fourth-order valence-corrected chi connectivity index (χ4v) is 1.56. The molecule has 0 aliphatic carbocycles. The Labute approximate surface area is 109 Å². The highest BCUT2D eigenvalue weighted by Gasteiger charge is 2.32. The average Bonchev–Trinajstić information content (AvgIpc) is 2.35. The summed E-state index contributed by atoms with van der Waals surface area (Å²) >= 11 is 0. The summed E-state index contributed by atoms with van der Waals surface area (Å²) in [5.41, 5.74) is 0.757. The standard InChI is InChI=1S/C13H15F3O3/c14-13(15,16)7-11(8-17)6-12(18)19-9-10-4-2-1-3-5-10/h1-5,11,17H,6-9H2. The third-order valence-electron chi connectivity index (χ3n) is 2.48. The highest BCUT2D eigenvalue weighted by molar-refractivity contribution is 5.69. The van der Waals surface area contributed by atoms with Crippen LogP contribution in [0.15, 0.2) is 30.3 Å². The maximum atomic E-state index is 12.1. The SMILES string of the molecule is O=C(CC(CO)CC(F)(F)F)OCc1ccccc1. The smallest absolute Gasteiger partial charge is 0.389 e. The zero-order chi connectivity index (χ0) is 14.3. The molecular formula is C13H15F3O3. The number of esters is 1. The van der Waals surface area contributed by atoms with E-state index in [1.54, 1.807) is 30.3 Å². The molecule has 0 saturated carbocycles. The second-order valence-corrected chi connectivity index (χ2v) is 4.22. The van der Waals surface area contributed by atoms with Crippen molar-refractivity contribution in [3.8, 4) is 0 Å². The van der Waals surface area contributed by atoms with Crippen molar-refractivity contribution in [3.63, 3.8) is 0 Å². The largest absolute Gasteiger partial charge is 0.461 e. The topological polar surface area (TPSA) is 46.5 Å². The van der Waals surface area contributed by atoms with Crippen LogP contribution in [0.4, 0.5) is 13.2 Å². The van der Waals surface area contributed by atoms with Gasteiger partial charge in [-0.3, -0.25) is 4.79 Å². The maximum absolute atomic E-state index is 12.1. The van der Waals surface area contributed by atoms with Crippen LogP contribution in [0.5, 0.6) is 0 Å². The van der Waals surface area contributed by atoms with E-state index < -0.39 is 37.5 Å². The van der Waals surface area contributed by atoms with E-state index in [0.29, 0.717) is 0 Å². The molecule has 0 bridgehead atoms. The number of aliphatic hydroxyl groups is 1. The summed E-state index contributed by atoms with van der Waals surface area (Å²) in [6.45, 7) is -0.677. The van der Waals surface area contributed by atoms with Crippen molar-refractivity contribution >= 4 is 5.97 Å². The zero-order valence-electron chi connectivity index (χ0n) is 10.2. The van der Waals surface area contributed by atoms with Crippen LogP contribution in [0.3, 0.4) is 0 Å². The fraction of sp³-hybridized carbons (Fsp3) is 0.462. The maximum Gasteiger partial charge on any atom is 0.389 e. The third kappa shape index (κ3) is 6.81. The molecular weight excluding hydrogens is 261 g/mol. The van der Waals surface area contributed by atoms with Gasteiger partial charge in [0.05, 0.1) is 6.42 Å². The normalized spacial score (nSPS) is 13.1. The zero-order valence-corrected chi connectivity index (χ0v) is 10.2. The van der Waals surface area contributed by atoms with Gasteiger partial charge in [-0.15, -0.1) is 0 Å². The lowest BCUT2D eigenvalue weighted by Gasteiger charge is -2.15. The van der Waals surface area contributed by atoms with Crippen molar-refractivity contribution in [3.05, 3.63) is 35.9 Å². The number of carbonyl (C=O) groups is 1. The van der Waals surface area contributed by atoms with E-state index in [9.17, 15) is 18.0 Å². The number of alkyl halides is 3. The van der Waals surface area contributed by atoms with Gasteiger partial charge in [-0.2, -0.15) is 13.2 Å². The minimum Gasteiger partial charge on any atom is -0.461 e. The van der Waals surface area contributed by atoms with Crippen LogP contribution in [0, 0.1) is 5.92 Å². The Kier molecular flexibility index (Phi) is 5.82. The van der Waals surface area contributed by atoms with Crippen molar-refractivity contribution in [2.45, 2.75) is 25.6 Å². The van der Waals surface area contributed by atoms with Crippen molar-refractivity contribution in [1.29, 1.82) is 0 Å². The van der Waals surface area contributed by atoms with Crippen LogP contribution in [0.2, 0.25) is 0 Å². The van der Waals surface area contributed by atoms with Crippen LogP contribution in [0.25, 0.3) is 0 Å². The second-order valence-electron chi connectivity index (χ2n) is 4.22. The van der Waals surface area contributed by atoms with Crippen LogP contribution in [-0.4, -0.2) is 23.9 Å². The van der Waals surface area contributed by atoms with Gasteiger partial charge in [0.25, 0.3) is 0 Å². The first-order chi connectivity index (χ1) is 8.90. The van der Waals surface area contributed by atoms with E-state index in [-0.39, 0.29) is 6.61 Å². The number of hydrogen-bond acceptors (Lipinski definition) is 3. The van der Waals surface area contributed by atoms with Crippen LogP contribution in [-0.2, 0) is 16.1 Å². The Morgan fingerprint density at radius 2 is 1.89 bits per heavy atom. The molecule has 0 aromatic heterocycles. The molecule has 0 radical (unpaired) electrons. The van der Waals surface area contributed by atoms with E-state index in [0.717, 1.165) is 5.56 Å². The highest BCUT2D eigenvalue weighted by atomic mass is 19.4. The third-order valence-corrected chi connectivity index (χ3v) is 2.48. The number of benzene rings is 1. The fourth-order valence-electron chi connectivity index (χ4n) is 1.56. The van der Waals surface area contributed by atoms with Gasteiger partial charge in [-0.25, -0.2) is 0 Å². The molecule has 0 aliphatic rings. The molecule has 1 unspecified atom stereocenters. The number of rotatable bonds is 6. The first-order valence-corrected chi connectivity index (χ1v) is 5.78. The van der Waals surface area contributed by atoms with E-state index in [1.165, 1.54) is 0 Å². The lowest BCUT2D eigenvalue weighted by Crippen LogP contribution is -2.21. The van der Waals surface area contributed by atoms with Crippen molar-refractivity contribution in [2.75, 3.05) is 6.61 Å². The van der Waals surface area contributed by atoms with Gasteiger partial charge < -0.3 is 9.84 Å². The average molecular weight is 276 g/mol. The summed E-state index contributed by atoms with van der Waals surface area (Å²) in [6, 6.07) is 8.82. The minimum absolute atomic E-state index is 0.0177. The molecule has 0 aliphatic heterocycles. The van der Waals surface area contributed by atoms with Gasteiger partial charge in [0.2, 0.25) is 0 Å². The molecule has 1 aromatic carbocycles. The number of carbonyl (C=O) groups excluding carboxylic acids is 1. The van der Waals surface area contributed by atoms with E-state index >= 15 is 0 Å². The molecule has 1 N–H and O–H groups in total. The Hall–Kier alpha value is -1.56. The van der Waals surface area contributed by atoms with Crippen LogP contribution in [0.1, 0.15) is 18.4 Å². The Balaban J connectivity index is 2.37. The van der Waals surface area contributed by atoms with E-state index in [4.69, 9.17) is 9.84 Å². The predicted molar refractivity (Wildman–Crippen MR) is 62.1 cm³/mol. The Morgan fingerprint density at radius 3 is 2.42 bits per heavy atom. The van der Waals surface area contributed by atoms with Crippen LogP contribution < -0.4 is 0 Å². The summed E-state index contributed by atoms with van der Waals surface area (Å²) in [4.78, 5) is 11.4. The van der Waals surface area contributed by atoms with Gasteiger partial charge in [-0.05, 0) is 5.56 Å². The quantitative estimate of drug-likeness (QED) is 0.813. The Bertz CT molecular complexity index is 390. The molecule has 3 nitrogen and oxygen atoms in total. The van der Waals surface area contributed by atoms with Gasteiger partial charge in [0.15, 0.2) is 0 Å². The molecule has 0 heterocycles. The van der Waals surface area contributed by atoms with Gasteiger partial charge >= 0.3 is 12.1 Å². The molecule has 1 rings (SSSR count). The molecule has 1 atom stereocenters. The van der Waals surface area contributed by atoms with E-state index in [2.05, 4.69) is 0 Å². The molecule has 0 spiro atoms. The molecule has 106 valence electrons. The number of halogens is 3. The first kappa shape index (κ1) is 15.5. The second kappa shape index (κ2) is 7.13. The lowest BCUT2D eigenvalue weighted by molar-refractivity contribution is -0.157. The molecule has 0 saturated heterocycles. The summed E-state index contributed by atoms with van der Waals surface area (Å²) < 4.78 is 41.2. The van der Waals surface area contributed by atoms with Gasteiger partial charge in [0, 0.05) is 18.9 Å². The van der Waals surface area contributed by atoms with Gasteiger partial charge in [-0.1, -0.05) is 30.3 Å². The van der Waals surface area contributed by atoms with Crippen molar-refractivity contribution in [2.24, 2.45) is 5.92 Å². The minimum atomic E-state index is -4.40. The summed E-state index contributed by atoms with van der Waals surface area (Å²) in [6.07, 6.45) is -6.03. The van der Waals surface area contributed by atoms with E-state index in [1.807, 2.05) is 0 Å². The summed E-state index contributed by atoms with van der Waals surface area (Å²) in [5.74, 6) is -1.89. The molecule has 0 fully saturated rings. The molecule has 1 aromatic rings. The first-order valence-electron chi connectivity index (χ1n) is 5.78. The molecule has 6 heteroatoms. The lowest BCUT2D eigenvalue weighted by atomic mass is 10.0.